The van der Waals surface area contributed by atoms with E-state index in [1.54, 1.807) is 55.7 Å². The van der Waals surface area contributed by atoms with Gasteiger partial charge in [-0.05, 0) is 54.1 Å². The molecule has 0 radical (unpaired) electrons. The number of aryl methyl sites for hydroxylation is 1. The van der Waals surface area contributed by atoms with Gasteiger partial charge in [-0.2, -0.15) is 0 Å². The number of aromatic hydroxyl groups is 1. The van der Waals surface area contributed by atoms with E-state index in [1.807, 2.05) is 0 Å². The zero-order valence-electron chi connectivity index (χ0n) is 17.9. The lowest BCUT2D eigenvalue weighted by Crippen LogP contribution is -2.19. The van der Waals surface area contributed by atoms with Crippen LogP contribution >= 0.6 is 11.6 Å². The number of phenolic OH excluding ortho intramolecular Hbond substituents is 1. The summed E-state index contributed by atoms with van der Waals surface area (Å²) in [4.78, 5) is 42.0. The molecular formula is C25H19ClN4O4. The Bertz CT molecular complexity index is 1430. The fourth-order valence-electron chi connectivity index (χ4n) is 3.30. The normalized spacial score (nSPS) is 10.5. The molecule has 170 valence electrons. The number of para-hydroxylation sites is 1. The molecule has 2 aromatic heterocycles. The van der Waals surface area contributed by atoms with Crippen molar-refractivity contribution in [2.24, 2.45) is 7.05 Å². The van der Waals surface area contributed by atoms with Crippen molar-refractivity contribution in [3.63, 3.8) is 0 Å². The first-order valence-corrected chi connectivity index (χ1v) is 10.5. The van der Waals surface area contributed by atoms with E-state index in [0.29, 0.717) is 16.1 Å². The van der Waals surface area contributed by atoms with Gasteiger partial charge >= 0.3 is 0 Å². The third-order valence-electron chi connectivity index (χ3n) is 5.08. The molecule has 4 aromatic rings. The number of rotatable bonds is 5. The molecule has 0 spiro atoms. The molecule has 0 aliphatic carbocycles. The number of pyridine rings is 2. The van der Waals surface area contributed by atoms with Gasteiger partial charge in [-0.1, -0.05) is 29.8 Å². The highest BCUT2D eigenvalue weighted by atomic mass is 35.5. The lowest BCUT2D eigenvalue weighted by molar-refractivity contribution is 0.102. The molecule has 0 saturated carbocycles. The number of phenols is 1. The van der Waals surface area contributed by atoms with Crippen molar-refractivity contribution < 1.29 is 14.7 Å². The first kappa shape index (κ1) is 22.8. The van der Waals surface area contributed by atoms with Gasteiger partial charge in [0.15, 0.2) is 0 Å². The minimum atomic E-state index is -0.573. The van der Waals surface area contributed by atoms with E-state index in [2.05, 4.69) is 15.6 Å². The van der Waals surface area contributed by atoms with Crippen LogP contribution in [0.25, 0.3) is 11.1 Å². The number of anilines is 2. The van der Waals surface area contributed by atoms with Crippen LogP contribution in [-0.4, -0.2) is 26.5 Å². The summed E-state index contributed by atoms with van der Waals surface area (Å²) in [6.07, 6.45) is 3.05. The van der Waals surface area contributed by atoms with E-state index >= 15 is 0 Å². The molecule has 0 aliphatic rings. The van der Waals surface area contributed by atoms with E-state index < -0.39 is 11.8 Å². The molecule has 2 amide bonds. The predicted octanol–water partition coefficient (Wildman–Crippen LogP) is 4.31. The quantitative estimate of drug-likeness (QED) is 0.373. The van der Waals surface area contributed by atoms with Gasteiger partial charge in [-0.15, -0.1) is 0 Å². The van der Waals surface area contributed by atoms with Gasteiger partial charge in [0.05, 0.1) is 16.3 Å². The fraction of sp³-hybridized carbons (Fsp3) is 0.0400. The van der Waals surface area contributed by atoms with Gasteiger partial charge in [0, 0.05) is 30.6 Å². The molecule has 0 aliphatic heterocycles. The fourth-order valence-corrected chi connectivity index (χ4v) is 3.41. The zero-order valence-corrected chi connectivity index (χ0v) is 18.7. The first-order valence-electron chi connectivity index (χ1n) is 10.2. The predicted molar refractivity (Wildman–Crippen MR) is 130 cm³/mol. The number of aromatic nitrogens is 2. The molecule has 34 heavy (non-hydrogen) atoms. The SMILES string of the molecule is Cn1cccc(-c2ccc(C(=O)Nc3c(O)cccc3C(=O)Nc3ccc(Cl)cn3)cc2)c1=O. The van der Waals surface area contributed by atoms with Crippen molar-refractivity contribution in [1.82, 2.24) is 9.55 Å². The Labute approximate surface area is 199 Å². The maximum atomic E-state index is 12.9. The number of halogens is 1. The number of benzene rings is 2. The van der Waals surface area contributed by atoms with Crippen molar-refractivity contribution in [3.8, 4) is 16.9 Å². The minimum absolute atomic E-state index is 0.0417. The van der Waals surface area contributed by atoms with Crippen molar-refractivity contribution in [1.29, 1.82) is 0 Å². The van der Waals surface area contributed by atoms with Crippen LogP contribution in [0.3, 0.4) is 0 Å². The van der Waals surface area contributed by atoms with Crippen LogP contribution in [0.2, 0.25) is 5.02 Å². The molecule has 0 atom stereocenters. The second kappa shape index (κ2) is 9.60. The highest BCUT2D eigenvalue weighted by Crippen LogP contribution is 2.29. The number of nitrogens with one attached hydrogen (secondary N) is 2. The monoisotopic (exact) mass is 474 g/mol. The van der Waals surface area contributed by atoms with Crippen molar-refractivity contribution in [3.05, 3.63) is 106 Å². The van der Waals surface area contributed by atoms with Crippen LogP contribution in [0.15, 0.2) is 83.9 Å². The Hall–Kier alpha value is -4.43. The summed E-state index contributed by atoms with van der Waals surface area (Å²) < 4.78 is 1.47. The maximum Gasteiger partial charge on any atom is 0.259 e. The summed E-state index contributed by atoms with van der Waals surface area (Å²) in [5, 5.41) is 15.9. The molecule has 9 heteroatoms. The van der Waals surface area contributed by atoms with E-state index in [-0.39, 0.29) is 33.9 Å². The molecule has 0 bridgehead atoms. The van der Waals surface area contributed by atoms with Crippen LogP contribution in [0, 0.1) is 0 Å². The number of carbonyl (C=O) groups excluding carboxylic acids is 2. The highest BCUT2D eigenvalue weighted by molar-refractivity contribution is 6.30. The number of amides is 2. The topological polar surface area (TPSA) is 113 Å². The lowest BCUT2D eigenvalue weighted by Gasteiger charge is -2.13. The van der Waals surface area contributed by atoms with Gasteiger partial charge < -0.3 is 20.3 Å². The van der Waals surface area contributed by atoms with E-state index in [9.17, 15) is 19.5 Å². The summed E-state index contributed by atoms with van der Waals surface area (Å²) in [5.74, 6) is -1.11. The second-order valence-electron chi connectivity index (χ2n) is 7.38. The summed E-state index contributed by atoms with van der Waals surface area (Å²) in [6, 6.07) is 17.4. The molecule has 0 saturated heterocycles. The Morgan fingerprint density at radius 1 is 0.941 bits per heavy atom. The largest absolute Gasteiger partial charge is 0.506 e. The average molecular weight is 475 g/mol. The molecule has 2 aromatic carbocycles. The van der Waals surface area contributed by atoms with Crippen molar-refractivity contribution in [2.75, 3.05) is 10.6 Å². The number of nitrogens with zero attached hydrogens (tertiary/aromatic N) is 2. The Balaban J connectivity index is 1.56. The standard InChI is InChI=1S/C25H19ClN4O4/c1-30-13-3-5-18(25(30)34)15-7-9-16(10-8-15)23(32)29-22-19(4-2-6-20(22)31)24(33)28-21-12-11-17(26)14-27-21/h2-14,31H,1H3,(H,29,32)(H,27,28,33). The summed E-state index contributed by atoms with van der Waals surface area (Å²) in [7, 11) is 1.66. The van der Waals surface area contributed by atoms with Gasteiger partial charge in [0.2, 0.25) is 0 Å². The van der Waals surface area contributed by atoms with Crippen LogP contribution in [0.4, 0.5) is 11.5 Å². The van der Waals surface area contributed by atoms with E-state index in [1.165, 1.54) is 35.0 Å². The Morgan fingerprint density at radius 3 is 2.41 bits per heavy atom. The van der Waals surface area contributed by atoms with E-state index in [0.717, 1.165) is 0 Å². The third-order valence-corrected chi connectivity index (χ3v) is 5.30. The Kier molecular flexibility index (Phi) is 6.42. The van der Waals surface area contributed by atoms with Gasteiger partial charge in [0.25, 0.3) is 17.4 Å². The summed E-state index contributed by atoms with van der Waals surface area (Å²) in [5.41, 5.74) is 1.31. The van der Waals surface area contributed by atoms with Gasteiger partial charge in [-0.25, -0.2) is 4.98 Å². The number of hydrogen-bond donors (Lipinski definition) is 3. The molecule has 0 fully saturated rings. The van der Waals surface area contributed by atoms with Crippen LogP contribution in [0.1, 0.15) is 20.7 Å². The van der Waals surface area contributed by atoms with Crippen LogP contribution in [0.5, 0.6) is 5.75 Å². The van der Waals surface area contributed by atoms with Gasteiger partial charge in [0.1, 0.15) is 11.6 Å². The molecule has 8 nitrogen and oxygen atoms in total. The summed E-state index contributed by atoms with van der Waals surface area (Å²) >= 11 is 5.81. The first-order chi connectivity index (χ1) is 16.3. The van der Waals surface area contributed by atoms with Crippen molar-refractivity contribution >= 4 is 34.9 Å². The summed E-state index contributed by atoms with van der Waals surface area (Å²) in [6.45, 7) is 0. The smallest absolute Gasteiger partial charge is 0.259 e. The van der Waals surface area contributed by atoms with E-state index in [4.69, 9.17) is 11.6 Å². The molecule has 3 N–H and O–H groups in total. The lowest BCUT2D eigenvalue weighted by atomic mass is 10.0. The maximum absolute atomic E-state index is 12.9. The molecule has 2 heterocycles. The third kappa shape index (κ3) is 4.82. The van der Waals surface area contributed by atoms with Crippen LogP contribution in [-0.2, 0) is 7.05 Å². The number of carbonyl (C=O) groups is 2. The van der Waals surface area contributed by atoms with Crippen molar-refractivity contribution in [2.45, 2.75) is 0 Å². The highest BCUT2D eigenvalue weighted by Gasteiger charge is 2.18. The van der Waals surface area contributed by atoms with Crippen LogP contribution < -0.4 is 16.2 Å². The molecular weight excluding hydrogens is 456 g/mol. The average Bonchev–Trinajstić information content (AvgIpc) is 2.83. The number of hydrogen-bond acceptors (Lipinski definition) is 5. The van der Waals surface area contributed by atoms with Gasteiger partial charge in [-0.3, -0.25) is 14.4 Å². The molecule has 0 unspecified atom stereocenters. The molecule has 4 rings (SSSR count). The minimum Gasteiger partial charge on any atom is -0.506 e. The zero-order chi connectivity index (χ0) is 24.2. The second-order valence-corrected chi connectivity index (χ2v) is 7.82. The Morgan fingerprint density at radius 2 is 1.71 bits per heavy atom.